The fourth-order valence-corrected chi connectivity index (χ4v) is 4.13. The average Bonchev–Trinajstić information content (AvgIpc) is 3.25. The van der Waals surface area contributed by atoms with E-state index < -0.39 is 0 Å². The molecule has 7 heteroatoms. The molecule has 1 fully saturated rings. The van der Waals surface area contributed by atoms with Crippen molar-refractivity contribution in [2.24, 2.45) is 0 Å². The minimum absolute atomic E-state index is 0.0304. The Hall–Kier alpha value is -2.83. The molecular formula is C25H29ClN4O2. The maximum absolute atomic E-state index is 12.9. The molecule has 1 amide bonds. The number of aryl methyl sites for hydroxylation is 3. The molecule has 0 N–H and O–H groups in total. The number of carbonyl (C=O) groups is 1. The van der Waals surface area contributed by atoms with E-state index in [-0.39, 0.29) is 12.6 Å². The summed E-state index contributed by atoms with van der Waals surface area (Å²) < 4.78 is 7.48. The molecule has 0 unspecified atom stereocenters. The molecule has 1 saturated heterocycles. The zero-order valence-corrected chi connectivity index (χ0v) is 19.6. The minimum atomic E-state index is -0.0304. The van der Waals surface area contributed by atoms with Gasteiger partial charge in [0.05, 0.1) is 0 Å². The molecule has 0 bridgehead atoms. The third-order valence-corrected chi connectivity index (χ3v) is 6.38. The monoisotopic (exact) mass is 452 g/mol. The van der Waals surface area contributed by atoms with Crippen LogP contribution in [0.5, 0.6) is 5.75 Å². The normalized spacial score (nSPS) is 14.6. The van der Waals surface area contributed by atoms with Gasteiger partial charge in [-0.2, -0.15) is 5.10 Å². The second-order valence-electron chi connectivity index (χ2n) is 8.44. The molecule has 4 rings (SSSR count). The van der Waals surface area contributed by atoms with Crippen molar-refractivity contribution in [2.75, 3.05) is 26.2 Å². The zero-order valence-electron chi connectivity index (χ0n) is 18.8. The van der Waals surface area contributed by atoms with E-state index in [2.05, 4.69) is 41.2 Å². The van der Waals surface area contributed by atoms with Gasteiger partial charge in [-0.1, -0.05) is 41.4 Å². The lowest BCUT2D eigenvalue weighted by atomic mass is 10.1. The molecule has 0 atom stereocenters. The van der Waals surface area contributed by atoms with Crippen LogP contribution in [0.25, 0.3) is 0 Å². The van der Waals surface area contributed by atoms with Crippen LogP contribution < -0.4 is 4.74 Å². The number of hydrogen-bond donors (Lipinski definition) is 0. The van der Waals surface area contributed by atoms with Crippen LogP contribution in [0.2, 0.25) is 5.02 Å². The van der Waals surface area contributed by atoms with Crippen LogP contribution in [0, 0.1) is 20.8 Å². The number of nitrogens with zero attached hydrogens (tertiary/aromatic N) is 4. The third kappa shape index (κ3) is 5.31. The van der Waals surface area contributed by atoms with E-state index in [1.807, 2.05) is 30.9 Å². The number of benzene rings is 2. The van der Waals surface area contributed by atoms with E-state index in [0.29, 0.717) is 18.8 Å². The van der Waals surface area contributed by atoms with E-state index >= 15 is 0 Å². The molecule has 1 aliphatic rings. The number of hydrogen-bond acceptors (Lipinski definition) is 4. The van der Waals surface area contributed by atoms with Crippen LogP contribution in [-0.4, -0.2) is 51.7 Å². The molecule has 32 heavy (non-hydrogen) atoms. The van der Waals surface area contributed by atoms with Crippen LogP contribution in [0.1, 0.15) is 32.7 Å². The summed E-state index contributed by atoms with van der Waals surface area (Å²) in [5.41, 5.74) is 4.98. The molecule has 168 valence electrons. The Balaban J connectivity index is 1.29. The van der Waals surface area contributed by atoms with Crippen molar-refractivity contribution < 1.29 is 9.53 Å². The minimum Gasteiger partial charge on any atom is -0.471 e. The van der Waals surface area contributed by atoms with Crippen LogP contribution in [-0.2, 0) is 13.3 Å². The molecule has 0 spiro atoms. The van der Waals surface area contributed by atoms with Gasteiger partial charge in [0.15, 0.2) is 12.4 Å². The highest BCUT2D eigenvalue weighted by Gasteiger charge is 2.23. The van der Waals surface area contributed by atoms with Crippen molar-refractivity contribution in [1.29, 1.82) is 0 Å². The fourth-order valence-electron chi connectivity index (χ4n) is 4.02. The highest BCUT2D eigenvalue weighted by atomic mass is 35.5. The van der Waals surface area contributed by atoms with E-state index in [1.165, 1.54) is 11.1 Å². The molecule has 0 saturated carbocycles. The second kappa shape index (κ2) is 9.76. The van der Waals surface area contributed by atoms with Gasteiger partial charge in [-0.25, -0.2) is 4.68 Å². The first kappa shape index (κ1) is 22.4. The maximum atomic E-state index is 12.9. The van der Waals surface area contributed by atoms with E-state index in [4.69, 9.17) is 16.3 Å². The maximum Gasteiger partial charge on any atom is 0.274 e. The van der Waals surface area contributed by atoms with Gasteiger partial charge in [0.25, 0.3) is 5.91 Å². The number of carbonyl (C=O) groups excluding carboxylic acids is 1. The van der Waals surface area contributed by atoms with Gasteiger partial charge in [0.2, 0.25) is 0 Å². The van der Waals surface area contributed by atoms with Gasteiger partial charge >= 0.3 is 0 Å². The number of halogens is 1. The first-order chi connectivity index (χ1) is 15.4. The summed E-state index contributed by atoms with van der Waals surface area (Å²) in [6.07, 6.45) is 1.77. The second-order valence-corrected chi connectivity index (χ2v) is 8.82. The topological polar surface area (TPSA) is 50.6 Å². The summed E-state index contributed by atoms with van der Waals surface area (Å²) in [5.74, 6) is 0.703. The highest BCUT2D eigenvalue weighted by molar-refractivity contribution is 6.32. The largest absolute Gasteiger partial charge is 0.471 e. The van der Waals surface area contributed by atoms with Crippen LogP contribution in [0.4, 0.5) is 0 Å². The van der Waals surface area contributed by atoms with Gasteiger partial charge in [-0.3, -0.25) is 9.69 Å². The van der Waals surface area contributed by atoms with Crippen LogP contribution in [0.3, 0.4) is 0 Å². The predicted octanol–water partition coefficient (Wildman–Crippen LogP) is 4.46. The molecule has 1 aliphatic heterocycles. The predicted molar refractivity (Wildman–Crippen MR) is 126 cm³/mol. The lowest BCUT2D eigenvalue weighted by molar-refractivity contribution is 0.0621. The van der Waals surface area contributed by atoms with E-state index in [1.54, 1.807) is 16.9 Å². The first-order valence-corrected chi connectivity index (χ1v) is 11.3. The molecule has 1 aromatic heterocycles. The number of piperazine rings is 1. The van der Waals surface area contributed by atoms with Gasteiger partial charge < -0.3 is 9.64 Å². The average molecular weight is 453 g/mol. The Morgan fingerprint density at radius 1 is 1.03 bits per heavy atom. The smallest absolute Gasteiger partial charge is 0.274 e. The summed E-state index contributed by atoms with van der Waals surface area (Å²) in [6.45, 7) is 10.3. The quantitative estimate of drug-likeness (QED) is 0.554. The Morgan fingerprint density at radius 2 is 1.75 bits per heavy atom. The first-order valence-electron chi connectivity index (χ1n) is 10.9. The molecule has 3 aromatic rings. The lowest BCUT2D eigenvalue weighted by Crippen LogP contribution is -2.48. The number of amides is 1. The molecule has 2 aromatic carbocycles. The van der Waals surface area contributed by atoms with Gasteiger partial charge in [-0.05, 0) is 55.7 Å². The van der Waals surface area contributed by atoms with Crippen molar-refractivity contribution in [3.8, 4) is 5.75 Å². The van der Waals surface area contributed by atoms with Gasteiger partial charge in [0.1, 0.15) is 5.75 Å². The van der Waals surface area contributed by atoms with Crippen molar-refractivity contribution in [3.05, 3.63) is 81.6 Å². The standard InChI is InChI=1S/C25H29ClN4O2/c1-18-5-4-6-21(13-18)16-28-9-11-29(12-10-28)25(31)23-7-8-30(27-23)17-32-22-14-19(2)24(26)20(3)15-22/h4-8,13-15H,9-12,16-17H2,1-3H3. The van der Waals surface area contributed by atoms with Gasteiger partial charge in [0, 0.05) is 43.9 Å². The molecular weight excluding hydrogens is 424 g/mol. The molecule has 0 aliphatic carbocycles. The highest BCUT2D eigenvalue weighted by Crippen LogP contribution is 2.26. The molecule has 2 heterocycles. The summed E-state index contributed by atoms with van der Waals surface area (Å²) in [4.78, 5) is 17.2. The Kier molecular flexibility index (Phi) is 6.82. The lowest BCUT2D eigenvalue weighted by Gasteiger charge is -2.34. The Bertz CT molecular complexity index is 1080. The zero-order chi connectivity index (χ0) is 22.7. The van der Waals surface area contributed by atoms with Crippen molar-refractivity contribution in [3.63, 3.8) is 0 Å². The molecule has 6 nitrogen and oxygen atoms in total. The van der Waals surface area contributed by atoms with Crippen molar-refractivity contribution in [2.45, 2.75) is 34.0 Å². The summed E-state index contributed by atoms with van der Waals surface area (Å²) in [7, 11) is 0. The number of aromatic nitrogens is 2. The van der Waals surface area contributed by atoms with Gasteiger partial charge in [-0.15, -0.1) is 0 Å². The number of ether oxygens (including phenoxy) is 1. The third-order valence-electron chi connectivity index (χ3n) is 5.78. The Morgan fingerprint density at radius 3 is 2.44 bits per heavy atom. The van der Waals surface area contributed by atoms with Crippen LogP contribution in [0.15, 0.2) is 48.7 Å². The molecule has 0 radical (unpaired) electrons. The van der Waals surface area contributed by atoms with E-state index in [0.717, 1.165) is 41.5 Å². The van der Waals surface area contributed by atoms with Crippen molar-refractivity contribution in [1.82, 2.24) is 19.6 Å². The SMILES string of the molecule is Cc1cccc(CN2CCN(C(=O)c3ccn(COc4cc(C)c(Cl)c(C)c4)n3)CC2)c1. The summed E-state index contributed by atoms with van der Waals surface area (Å²) in [6, 6.07) is 14.2. The summed E-state index contributed by atoms with van der Waals surface area (Å²) in [5, 5.41) is 5.17. The fraction of sp³-hybridized carbons (Fsp3) is 0.360. The Labute approximate surface area is 194 Å². The van der Waals surface area contributed by atoms with E-state index in [9.17, 15) is 4.79 Å². The van der Waals surface area contributed by atoms with Crippen molar-refractivity contribution >= 4 is 17.5 Å². The summed E-state index contributed by atoms with van der Waals surface area (Å²) >= 11 is 6.22. The van der Waals surface area contributed by atoms with Crippen LogP contribution >= 0.6 is 11.6 Å². The number of rotatable bonds is 6.